The highest BCUT2D eigenvalue weighted by Crippen LogP contribution is 2.46. The summed E-state index contributed by atoms with van der Waals surface area (Å²) in [5.74, 6) is 0.940. The number of benzene rings is 2. The first kappa shape index (κ1) is 24.3. The van der Waals surface area contributed by atoms with Crippen LogP contribution in [0.2, 0.25) is 0 Å². The van der Waals surface area contributed by atoms with Gasteiger partial charge in [0.1, 0.15) is 17.5 Å². The lowest BCUT2D eigenvalue weighted by Gasteiger charge is -2.30. The first-order chi connectivity index (χ1) is 18.0. The van der Waals surface area contributed by atoms with Crippen LogP contribution in [0.3, 0.4) is 0 Å². The third-order valence-corrected chi connectivity index (χ3v) is 6.69. The highest BCUT2D eigenvalue weighted by Gasteiger charge is 2.43. The van der Waals surface area contributed by atoms with Crippen molar-refractivity contribution in [3.63, 3.8) is 0 Å². The van der Waals surface area contributed by atoms with Crippen molar-refractivity contribution in [3.8, 4) is 17.2 Å². The van der Waals surface area contributed by atoms with E-state index < -0.39 is 5.97 Å². The summed E-state index contributed by atoms with van der Waals surface area (Å²) in [4.78, 5) is 18.9. The monoisotopic (exact) mass is 514 g/mol. The van der Waals surface area contributed by atoms with Crippen molar-refractivity contribution < 1.29 is 19.0 Å². The molecule has 2 atom stereocenters. The second-order valence-corrected chi connectivity index (χ2v) is 8.77. The Labute approximate surface area is 220 Å². The number of nitrogens with zero attached hydrogens (tertiary/aromatic N) is 3. The SMILES string of the molecule is COC(=O)c1cccc(-n2cccc2[C@H]2[C@@H](c3ccccn3)NC(=S)N2c2cc(OC)ccc2OC)c1. The molecule has 9 heteroatoms. The zero-order chi connectivity index (χ0) is 25.9. The van der Waals surface area contributed by atoms with Crippen LogP contribution in [-0.4, -0.2) is 42.0 Å². The molecule has 37 heavy (non-hydrogen) atoms. The Balaban J connectivity index is 1.69. The molecule has 188 valence electrons. The van der Waals surface area contributed by atoms with E-state index in [1.165, 1.54) is 7.11 Å². The topological polar surface area (TPSA) is 77.9 Å². The average Bonchev–Trinajstić information content (AvgIpc) is 3.57. The molecule has 2 aromatic heterocycles. The number of ether oxygens (including phenoxy) is 3. The zero-order valence-electron chi connectivity index (χ0n) is 20.6. The quantitative estimate of drug-likeness (QED) is 0.277. The predicted octanol–water partition coefficient (Wildman–Crippen LogP) is 4.85. The molecular formula is C28H26N4O4S. The van der Waals surface area contributed by atoms with Gasteiger partial charge in [-0.3, -0.25) is 4.98 Å². The highest BCUT2D eigenvalue weighted by atomic mass is 32.1. The number of hydrogen-bond acceptors (Lipinski definition) is 6. The maximum Gasteiger partial charge on any atom is 0.337 e. The van der Waals surface area contributed by atoms with E-state index in [-0.39, 0.29) is 12.1 Å². The number of anilines is 1. The summed E-state index contributed by atoms with van der Waals surface area (Å²) in [6.45, 7) is 0. The van der Waals surface area contributed by atoms with Gasteiger partial charge in [-0.2, -0.15) is 0 Å². The lowest BCUT2D eigenvalue weighted by Crippen LogP contribution is -2.30. The molecule has 0 saturated carbocycles. The fourth-order valence-corrected chi connectivity index (χ4v) is 5.01. The van der Waals surface area contributed by atoms with Gasteiger partial charge < -0.3 is 29.0 Å². The maximum absolute atomic E-state index is 12.2. The third-order valence-electron chi connectivity index (χ3n) is 6.37. The van der Waals surface area contributed by atoms with Crippen LogP contribution in [0, 0.1) is 0 Å². The molecule has 4 aromatic rings. The second kappa shape index (κ2) is 10.3. The van der Waals surface area contributed by atoms with Crippen LogP contribution in [-0.2, 0) is 4.74 Å². The normalized spacial score (nSPS) is 16.8. The van der Waals surface area contributed by atoms with Gasteiger partial charge in [0.15, 0.2) is 5.11 Å². The van der Waals surface area contributed by atoms with Crippen molar-refractivity contribution in [1.29, 1.82) is 0 Å². The van der Waals surface area contributed by atoms with E-state index in [9.17, 15) is 4.79 Å². The molecule has 1 aliphatic rings. The minimum Gasteiger partial charge on any atom is -0.497 e. The minimum atomic E-state index is -0.395. The van der Waals surface area contributed by atoms with E-state index in [4.69, 9.17) is 26.4 Å². The molecule has 1 N–H and O–H groups in total. The van der Waals surface area contributed by atoms with Crippen molar-refractivity contribution >= 4 is 29.0 Å². The number of carbonyl (C=O) groups excluding carboxylic acids is 1. The molecule has 5 rings (SSSR count). The lowest BCUT2D eigenvalue weighted by atomic mass is 10.0. The van der Waals surface area contributed by atoms with Crippen molar-refractivity contribution in [2.45, 2.75) is 12.1 Å². The van der Waals surface area contributed by atoms with Crippen LogP contribution in [0.1, 0.15) is 33.8 Å². The summed E-state index contributed by atoms with van der Waals surface area (Å²) in [5.41, 5.74) is 3.83. The molecule has 2 aromatic carbocycles. The molecule has 0 aliphatic carbocycles. The summed E-state index contributed by atoms with van der Waals surface area (Å²) in [7, 11) is 4.63. The number of hydrogen-bond donors (Lipinski definition) is 1. The molecule has 0 unspecified atom stereocenters. The van der Waals surface area contributed by atoms with E-state index in [2.05, 4.69) is 10.3 Å². The van der Waals surface area contributed by atoms with E-state index in [0.29, 0.717) is 22.2 Å². The van der Waals surface area contributed by atoms with Gasteiger partial charge in [-0.15, -0.1) is 0 Å². The van der Waals surface area contributed by atoms with Gasteiger partial charge in [-0.05, 0) is 66.8 Å². The Morgan fingerprint density at radius 3 is 2.57 bits per heavy atom. The van der Waals surface area contributed by atoms with E-state index in [1.807, 2.05) is 82.4 Å². The average molecular weight is 515 g/mol. The maximum atomic E-state index is 12.2. The van der Waals surface area contributed by atoms with Gasteiger partial charge in [0.05, 0.1) is 44.3 Å². The summed E-state index contributed by atoms with van der Waals surface area (Å²) >= 11 is 5.89. The summed E-state index contributed by atoms with van der Waals surface area (Å²) < 4.78 is 18.2. The third kappa shape index (κ3) is 4.49. The van der Waals surface area contributed by atoms with Crippen LogP contribution >= 0.6 is 12.2 Å². The van der Waals surface area contributed by atoms with Crippen molar-refractivity contribution in [2.24, 2.45) is 0 Å². The van der Waals surface area contributed by atoms with Gasteiger partial charge >= 0.3 is 5.97 Å². The van der Waals surface area contributed by atoms with Gasteiger partial charge in [-0.25, -0.2) is 4.79 Å². The fraction of sp³-hybridized carbons (Fsp3) is 0.179. The summed E-state index contributed by atoms with van der Waals surface area (Å²) in [5, 5.41) is 4.01. The van der Waals surface area contributed by atoms with Crippen LogP contribution in [0.5, 0.6) is 11.5 Å². The van der Waals surface area contributed by atoms with Crippen molar-refractivity contribution in [3.05, 3.63) is 102 Å². The molecule has 1 saturated heterocycles. The number of methoxy groups -OCH3 is 3. The van der Waals surface area contributed by atoms with Crippen LogP contribution in [0.25, 0.3) is 5.69 Å². The number of pyridine rings is 1. The summed E-state index contributed by atoms with van der Waals surface area (Å²) in [6.07, 6.45) is 3.73. The van der Waals surface area contributed by atoms with E-state index >= 15 is 0 Å². The second-order valence-electron chi connectivity index (χ2n) is 8.38. The van der Waals surface area contributed by atoms with Crippen LogP contribution in [0.4, 0.5) is 5.69 Å². The van der Waals surface area contributed by atoms with Crippen molar-refractivity contribution in [1.82, 2.24) is 14.9 Å². The molecule has 8 nitrogen and oxygen atoms in total. The number of thiocarbonyl (C=S) groups is 1. The number of carbonyl (C=O) groups is 1. The highest BCUT2D eigenvalue weighted by molar-refractivity contribution is 7.80. The Hall–Kier alpha value is -4.37. The predicted molar refractivity (Wildman–Crippen MR) is 145 cm³/mol. The standard InChI is InChI=1S/C28H26N4O4S/c1-34-20-12-13-24(35-2)23(17-20)32-26(25(30-28(32)37)21-10-4-5-14-29-21)22-11-7-15-31(22)19-9-6-8-18(16-19)27(33)36-3/h4-17,25-26H,1-3H3,(H,30,37)/t25-,26+/m1/s1. The van der Waals surface area contributed by atoms with Crippen molar-refractivity contribution in [2.75, 3.05) is 26.2 Å². The number of rotatable bonds is 7. The molecule has 1 fully saturated rings. The Morgan fingerprint density at radius 2 is 1.84 bits per heavy atom. The van der Waals surface area contributed by atoms with Gasteiger partial charge in [0.25, 0.3) is 0 Å². The summed E-state index contributed by atoms with van der Waals surface area (Å²) in [6, 6.07) is 22.2. The van der Waals surface area contributed by atoms with Gasteiger partial charge in [0, 0.05) is 29.8 Å². The molecule has 0 amide bonds. The molecule has 0 spiro atoms. The van der Waals surface area contributed by atoms with Gasteiger partial charge in [0.2, 0.25) is 0 Å². The molecular weight excluding hydrogens is 488 g/mol. The van der Waals surface area contributed by atoms with Crippen LogP contribution < -0.4 is 19.7 Å². The van der Waals surface area contributed by atoms with E-state index in [0.717, 1.165) is 22.8 Å². The molecule has 3 heterocycles. The van der Waals surface area contributed by atoms with Gasteiger partial charge in [-0.1, -0.05) is 12.1 Å². The first-order valence-electron chi connectivity index (χ1n) is 11.6. The Bertz CT molecular complexity index is 1440. The minimum absolute atomic E-state index is 0.262. The largest absolute Gasteiger partial charge is 0.497 e. The number of nitrogens with one attached hydrogen (secondary N) is 1. The Morgan fingerprint density at radius 1 is 0.973 bits per heavy atom. The number of esters is 1. The first-order valence-corrected chi connectivity index (χ1v) is 12.0. The molecule has 0 radical (unpaired) electrons. The number of aromatic nitrogens is 2. The smallest absolute Gasteiger partial charge is 0.337 e. The van der Waals surface area contributed by atoms with Crippen LogP contribution in [0.15, 0.2) is 85.2 Å². The molecule has 0 bridgehead atoms. The molecule has 1 aliphatic heterocycles. The lowest BCUT2D eigenvalue weighted by molar-refractivity contribution is 0.0600. The fourth-order valence-electron chi connectivity index (χ4n) is 4.67. The van der Waals surface area contributed by atoms with E-state index in [1.54, 1.807) is 26.5 Å². The zero-order valence-corrected chi connectivity index (χ0v) is 21.4. The Kier molecular flexibility index (Phi) is 6.78.